The van der Waals surface area contributed by atoms with Gasteiger partial charge in [0.2, 0.25) is 5.89 Å². The average molecular weight is 388 g/mol. The second-order valence-electron chi connectivity index (χ2n) is 6.70. The fraction of sp³-hybridized carbons (Fsp3) is 0.316. The van der Waals surface area contributed by atoms with Gasteiger partial charge in [-0.25, -0.2) is 14.4 Å². The van der Waals surface area contributed by atoms with Crippen LogP contribution in [0.1, 0.15) is 30.2 Å². The molecule has 0 saturated carbocycles. The van der Waals surface area contributed by atoms with Crippen molar-refractivity contribution in [2.45, 2.75) is 26.4 Å². The Hall–Kier alpha value is -2.58. The van der Waals surface area contributed by atoms with Crippen LogP contribution >= 0.6 is 11.3 Å². The van der Waals surface area contributed by atoms with Gasteiger partial charge in [0.05, 0.1) is 6.54 Å². The number of aromatic nitrogens is 2. The van der Waals surface area contributed by atoms with E-state index in [1.54, 1.807) is 17.5 Å². The van der Waals surface area contributed by atoms with Crippen molar-refractivity contribution in [2.75, 3.05) is 14.1 Å². The highest BCUT2D eigenvalue weighted by Crippen LogP contribution is 2.34. The summed E-state index contributed by atoms with van der Waals surface area (Å²) < 4.78 is 19.2. The molecule has 0 bridgehead atoms. The van der Waals surface area contributed by atoms with Crippen LogP contribution in [0.15, 0.2) is 34.1 Å². The molecular weight excluding hydrogens is 367 g/mol. The number of nitrogens with zero attached hydrogens (tertiary/aromatic N) is 3. The quantitative estimate of drug-likeness (QED) is 0.695. The Bertz CT molecular complexity index is 932. The van der Waals surface area contributed by atoms with Gasteiger partial charge in [0.25, 0.3) is 5.91 Å². The van der Waals surface area contributed by atoms with E-state index < -0.39 is 0 Å². The molecule has 0 aliphatic rings. The van der Waals surface area contributed by atoms with Crippen molar-refractivity contribution in [2.24, 2.45) is 0 Å². The van der Waals surface area contributed by atoms with Crippen molar-refractivity contribution in [1.29, 1.82) is 0 Å². The molecule has 1 amide bonds. The normalized spacial score (nSPS) is 11.4. The third kappa shape index (κ3) is 4.58. The number of hydrogen-bond donors (Lipinski definition) is 1. The molecule has 0 radical (unpaired) electrons. The molecule has 0 unspecified atom stereocenters. The Kier molecular flexibility index (Phi) is 5.67. The van der Waals surface area contributed by atoms with E-state index in [1.165, 1.54) is 23.5 Å². The maximum atomic E-state index is 13.3. The molecule has 0 atom stereocenters. The van der Waals surface area contributed by atoms with Crippen molar-refractivity contribution >= 4 is 17.2 Å². The zero-order valence-corrected chi connectivity index (χ0v) is 16.4. The van der Waals surface area contributed by atoms with Crippen molar-refractivity contribution < 1.29 is 13.6 Å². The first-order chi connectivity index (χ1) is 12.8. The van der Waals surface area contributed by atoms with Gasteiger partial charge < -0.3 is 14.6 Å². The minimum absolute atomic E-state index is 0.0226. The molecule has 1 aromatic carbocycles. The SMILES string of the molecule is CC(C)NC(=O)c1csc(-c2oc(CN(C)C)nc2-c2ccc(F)cc2)n1. The second kappa shape index (κ2) is 7.98. The number of carbonyl (C=O) groups excluding carboxylic acids is 1. The number of hydrogen-bond acceptors (Lipinski definition) is 6. The minimum atomic E-state index is -0.320. The highest BCUT2D eigenvalue weighted by atomic mass is 32.1. The molecule has 27 heavy (non-hydrogen) atoms. The summed E-state index contributed by atoms with van der Waals surface area (Å²) >= 11 is 1.31. The van der Waals surface area contributed by atoms with Gasteiger partial charge in [-0.05, 0) is 52.2 Å². The number of thiazole rings is 1. The average Bonchev–Trinajstić information content (AvgIpc) is 3.21. The molecule has 2 heterocycles. The van der Waals surface area contributed by atoms with Gasteiger partial charge >= 0.3 is 0 Å². The van der Waals surface area contributed by atoms with Crippen molar-refractivity contribution in [3.05, 3.63) is 47.0 Å². The van der Waals surface area contributed by atoms with Crippen molar-refractivity contribution in [3.63, 3.8) is 0 Å². The Morgan fingerprint density at radius 2 is 1.96 bits per heavy atom. The third-order valence-electron chi connectivity index (χ3n) is 3.59. The number of rotatable bonds is 6. The molecule has 1 N–H and O–H groups in total. The predicted octanol–water partition coefficient (Wildman–Crippen LogP) is 3.80. The fourth-order valence-corrected chi connectivity index (χ4v) is 3.25. The molecule has 0 aliphatic heterocycles. The van der Waals surface area contributed by atoms with Gasteiger partial charge in [0, 0.05) is 17.0 Å². The van der Waals surface area contributed by atoms with E-state index in [4.69, 9.17) is 4.42 Å². The number of carbonyl (C=O) groups is 1. The summed E-state index contributed by atoms with van der Waals surface area (Å²) in [5.74, 6) is 0.452. The largest absolute Gasteiger partial charge is 0.436 e. The Balaban J connectivity index is 2.01. The lowest BCUT2D eigenvalue weighted by atomic mass is 10.1. The smallest absolute Gasteiger partial charge is 0.270 e. The van der Waals surface area contributed by atoms with E-state index in [0.29, 0.717) is 34.6 Å². The van der Waals surface area contributed by atoms with Gasteiger partial charge in [0.15, 0.2) is 10.8 Å². The monoisotopic (exact) mass is 388 g/mol. The first kappa shape index (κ1) is 19.2. The summed E-state index contributed by atoms with van der Waals surface area (Å²) in [5, 5.41) is 5.06. The fourth-order valence-electron chi connectivity index (χ4n) is 2.47. The van der Waals surface area contributed by atoms with E-state index in [0.717, 1.165) is 5.56 Å². The number of benzene rings is 1. The molecule has 3 rings (SSSR count). The highest BCUT2D eigenvalue weighted by molar-refractivity contribution is 7.13. The molecule has 2 aromatic heterocycles. The molecule has 3 aromatic rings. The summed E-state index contributed by atoms with van der Waals surface area (Å²) in [7, 11) is 3.83. The summed E-state index contributed by atoms with van der Waals surface area (Å²) in [6.07, 6.45) is 0. The molecular formula is C19H21FN4O2S. The topological polar surface area (TPSA) is 71.3 Å². The zero-order valence-electron chi connectivity index (χ0n) is 15.6. The van der Waals surface area contributed by atoms with Crippen LogP contribution in [-0.4, -0.2) is 40.9 Å². The highest BCUT2D eigenvalue weighted by Gasteiger charge is 2.21. The first-order valence-electron chi connectivity index (χ1n) is 8.50. The van der Waals surface area contributed by atoms with Gasteiger partial charge in [0.1, 0.15) is 17.2 Å². The van der Waals surface area contributed by atoms with E-state index >= 15 is 0 Å². The van der Waals surface area contributed by atoms with Crippen LogP contribution < -0.4 is 5.32 Å². The standard InChI is InChI=1S/C19H21FN4O2S/c1-11(2)21-18(25)14-10-27-19(22-14)17-16(12-5-7-13(20)8-6-12)23-15(26-17)9-24(3)4/h5-8,10-11H,9H2,1-4H3,(H,21,25). The van der Waals surface area contributed by atoms with Crippen LogP contribution in [0.5, 0.6) is 0 Å². The molecule has 0 spiro atoms. The lowest BCUT2D eigenvalue weighted by molar-refractivity contribution is 0.0939. The maximum absolute atomic E-state index is 13.3. The molecule has 6 nitrogen and oxygen atoms in total. The molecule has 0 fully saturated rings. The van der Waals surface area contributed by atoms with Crippen LogP contribution in [0.4, 0.5) is 4.39 Å². The van der Waals surface area contributed by atoms with Crippen LogP contribution in [-0.2, 0) is 6.54 Å². The van der Waals surface area contributed by atoms with Crippen LogP contribution in [0.25, 0.3) is 22.0 Å². The van der Waals surface area contributed by atoms with Gasteiger partial charge in [-0.3, -0.25) is 4.79 Å². The van der Waals surface area contributed by atoms with E-state index in [9.17, 15) is 9.18 Å². The first-order valence-corrected chi connectivity index (χ1v) is 9.38. The Morgan fingerprint density at radius 1 is 1.26 bits per heavy atom. The molecule has 142 valence electrons. The van der Waals surface area contributed by atoms with E-state index in [-0.39, 0.29) is 17.8 Å². The van der Waals surface area contributed by atoms with E-state index in [1.807, 2.05) is 32.8 Å². The summed E-state index contributed by atoms with van der Waals surface area (Å²) in [4.78, 5) is 23.1. The number of nitrogens with one attached hydrogen (secondary N) is 1. The van der Waals surface area contributed by atoms with E-state index in [2.05, 4.69) is 15.3 Å². The van der Waals surface area contributed by atoms with Gasteiger partial charge in [-0.2, -0.15) is 0 Å². The Morgan fingerprint density at radius 3 is 2.59 bits per heavy atom. The summed E-state index contributed by atoms with van der Waals surface area (Å²) in [6, 6.07) is 6.08. The van der Waals surface area contributed by atoms with Crippen molar-refractivity contribution in [3.8, 4) is 22.0 Å². The predicted molar refractivity (Wildman–Crippen MR) is 103 cm³/mol. The van der Waals surface area contributed by atoms with Crippen LogP contribution in [0, 0.1) is 5.82 Å². The lowest BCUT2D eigenvalue weighted by Crippen LogP contribution is -2.30. The zero-order chi connectivity index (χ0) is 19.6. The summed E-state index contributed by atoms with van der Waals surface area (Å²) in [6.45, 7) is 4.30. The maximum Gasteiger partial charge on any atom is 0.270 e. The Labute approximate surface area is 161 Å². The van der Waals surface area contributed by atoms with Crippen LogP contribution in [0.3, 0.4) is 0 Å². The number of oxazole rings is 1. The van der Waals surface area contributed by atoms with Crippen LogP contribution in [0.2, 0.25) is 0 Å². The molecule has 0 saturated heterocycles. The number of halogens is 1. The molecule has 0 aliphatic carbocycles. The van der Waals surface area contributed by atoms with Crippen molar-refractivity contribution in [1.82, 2.24) is 20.2 Å². The van der Waals surface area contributed by atoms with Gasteiger partial charge in [-0.15, -0.1) is 11.3 Å². The minimum Gasteiger partial charge on any atom is -0.436 e. The second-order valence-corrected chi connectivity index (χ2v) is 7.55. The van der Waals surface area contributed by atoms with Gasteiger partial charge in [-0.1, -0.05) is 0 Å². The number of amides is 1. The third-order valence-corrected chi connectivity index (χ3v) is 4.43. The molecule has 8 heteroatoms. The summed E-state index contributed by atoms with van der Waals surface area (Å²) in [5.41, 5.74) is 1.64. The lowest BCUT2D eigenvalue weighted by Gasteiger charge is -2.05.